The van der Waals surface area contributed by atoms with Crippen molar-refractivity contribution in [1.29, 1.82) is 0 Å². The van der Waals surface area contributed by atoms with Crippen molar-refractivity contribution in [3.63, 3.8) is 0 Å². The van der Waals surface area contributed by atoms with Crippen LogP contribution in [0, 0.1) is 0 Å². The second kappa shape index (κ2) is 7.97. The number of nitrogens with one attached hydrogen (secondary N) is 1. The Labute approximate surface area is 110 Å². The number of hydrogen-bond donors (Lipinski definition) is 1. The number of nitrogens with zero attached hydrogens (tertiary/aromatic N) is 1. The quantitative estimate of drug-likeness (QED) is 0.821. The van der Waals surface area contributed by atoms with Crippen molar-refractivity contribution in [1.82, 2.24) is 10.2 Å². The summed E-state index contributed by atoms with van der Waals surface area (Å²) in [6.45, 7) is -0.662. The largest absolute Gasteiger partial charge is 0.401 e. The molecule has 0 spiro atoms. The van der Waals surface area contributed by atoms with E-state index in [1.54, 1.807) is 0 Å². The summed E-state index contributed by atoms with van der Waals surface area (Å²) in [6.07, 6.45) is -5.03. The standard InChI is InChI=1S/C8H13F3N2O2.2ClH/c1-12-7(14)6-4-13(2-3-15-6)5-8(9,10)11;;/h6H,2-5H2,1H3,(H,12,14);2*1H. The normalized spacial score (nSPS) is 21.1. The average molecular weight is 299 g/mol. The molecule has 1 aliphatic heterocycles. The molecule has 1 rings (SSSR count). The van der Waals surface area contributed by atoms with Gasteiger partial charge < -0.3 is 10.1 Å². The molecule has 0 radical (unpaired) electrons. The zero-order valence-corrected chi connectivity index (χ0v) is 10.8. The zero-order chi connectivity index (χ0) is 11.5. The first-order valence-corrected chi connectivity index (χ1v) is 4.54. The Balaban J connectivity index is 0. The van der Waals surface area contributed by atoms with E-state index in [1.807, 2.05) is 0 Å². The summed E-state index contributed by atoms with van der Waals surface area (Å²) in [5, 5.41) is 2.35. The number of halogens is 5. The van der Waals surface area contributed by atoms with Crippen LogP contribution in [0.15, 0.2) is 0 Å². The third-order valence-electron chi connectivity index (χ3n) is 2.09. The number of rotatable bonds is 2. The van der Waals surface area contributed by atoms with Crippen molar-refractivity contribution in [3.05, 3.63) is 0 Å². The van der Waals surface area contributed by atoms with Gasteiger partial charge >= 0.3 is 6.18 Å². The van der Waals surface area contributed by atoms with E-state index in [2.05, 4.69) is 5.32 Å². The number of ether oxygens (including phenoxy) is 1. The van der Waals surface area contributed by atoms with Gasteiger partial charge in [0.15, 0.2) is 0 Å². The van der Waals surface area contributed by atoms with E-state index in [9.17, 15) is 18.0 Å². The van der Waals surface area contributed by atoms with E-state index in [0.717, 1.165) is 0 Å². The van der Waals surface area contributed by atoms with E-state index in [0.29, 0.717) is 0 Å². The van der Waals surface area contributed by atoms with Crippen molar-refractivity contribution < 1.29 is 22.7 Å². The maximum Gasteiger partial charge on any atom is 0.401 e. The molecule has 0 aliphatic carbocycles. The second-order valence-electron chi connectivity index (χ2n) is 3.32. The third kappa shape index (κ3) is 6.92. The molecule has 0 saturated carbocycles. The Bertz CT molecular complexity index is 241. The average Bonchev–Trinajstić information content (AvgIpc) is 2.14. The lowest BCUT2D eigenvalue weighted by molar-refractivity contribution is -0.164. The van der Waals surface area contributed by atoms with Crippen LogP contribution in [-0.4, -0.2) is 56.4 Å². The summed E-state index contributed by atoms with van der Waals surface area (Å²) in [4.78, 5) is 12.3. The number of amides is 1. The molecule has 1 N–H and O–H groups in total. The van der Waals surface area contributed by atoms with Crippen molar-refractivity contribution in [3.8, 4) is 0 Å². The SMILES string of the molecule is CNC(=O)C1CN(CC(F)(F)F)CCO1.Cl.Cl. The fraction of sp³-hybridized carbons (Fsp3) is 0.875. The first kappa shape index (κ1) is 19.1. The van der Waals surface area contributed by atoms with E-state index in [-0.39, 0.29) is 50.4 Å². The first-order valence-electron chi connectivity index (χ1n) is 4.54. The van der Waals surface area contributed by atoms with Crippen molar-refractivity contribution in [2.75, 3.05) is 33.3 Å². The Hall–Kier alpha value is -0.240. The highest BCUT2D eigenvalue weighted by atomic mass is 35.5. The van der Waals surface area contributed by atoms with E-state index in [4.69, 9.17) is 4.74 Å². The monoisotopic (exact) mass is 298 g/mol. The zero-order valence-electron chi connectivity index (χ0n) is 9.12. The van der Waals surface area contributed by atoms with Crippen LogP contribution in [0.1, 0.15) is 0 Å². The van der Waals surface area contributed by atoms with Crippen LogP contribution in [0.2, 0.25) is 0 Å². The summed E-state index contributed by atoms with van der Waals surface area (Å²) in [6, 6.07) is 0. The molecule has 17 heavy (non-hydrogen) atoms. The van der Waals surface area contributed by atoms with Gasteiger partial charge in [-0.2, -0.15) is 13.2 Å². The number of morpholine rings is 1. The van der Waals surface area contributed by atoms with Gasteiger partial charge in [0.05, 0.1) is 13.2 Å². The van der Waals surface area contributed by atoms with Gasteiger partial charge in [0.2, 0.25) is 5.91 Å². The Kier molecular flexibility index (Phi) is 8.95. The number of hydrogen-bond acceptors (Lipinski definition) is 3. The van der Waals surface area contributed by atoms with Gasteiger partial charge in [-0.05, 0) is 0 Å². The summed E-state index contributed by atoms with van der Waals surface area (Å²) in [5.74, 6) is -0.387. The fourth-order valence-electron chi connectivity index (χ4n) is 1.42. The Morgan fingerprint density at radius 3 is 2.53 bits per heavy atom. The van der Waals surface area contributed by atoms with Crippen LogP contribution in [0.5, 0.6) is 0 Å². The summed E-state index contributed by atoms with van der Waals surface area (Å²) < 4.78 is 41.3. The van der Waals surface area contributed by atoms with Gasteiger partial charge in [-0.1, -0.05) is 0 Å². The van der Waals surface area contributed by atoms with Crippen LogP contribution in [-0.2, 0) is 9.53 Å². The molecular formula is C8H15Cl2F3N2O2. The first-order chi connectivity index (χ1) is 6.92. The maximum atomic E-state index is 12.1. The minimum Gasteiger partial charge on any atom is -0.366 e. The molecule has 104 valence electrons. The van der Waals surface area contributed by atoms with Crippen LogP contribution in [0.3, 0.4) is 0 Å². The molecule has 0 aromatic heterocycles. The molecule has 1 amide bonds. The molecule has 1 atom stereocenters. The topological polar surface area (TPSA) is 41.6 Å². The summed E-state index contributed by atoms with van der Waals surface area (Å²) >= 11 is 0. The molecule has 1 unspecified atom stereocenters. The molecule has 1 fully saturated rings. The molecule has 0 aromatic rings. The fourth-order valence-corrected chi connectivity index (χ4v) is 1.42. The van der Waals surface area contributed by atoms with Crippen LogP contribution < -0.4 is 5.32 Å². The van der Waals surface area contributed by atoms with Gasteiger partial charge in [0.25, 0.3) is 0 Å². The third-order valence-corrected chi connectivity index (χ3v) is 2.09. The smallest absolute Gasteiger partial charge is 0.366 e. The lowest BCUT2D eigenvalue weighted by Gasteiger charge is -2.32. The molecule has 1 saturated heterocycles. The van der Waals surface area contributed by atoms with Gasteiger partial charge in [-0.15, -0.1) is 24.8 Å². The van der Waals surface area contributed by atoms with Gasteiger partial charge in [-0.25, -0.2) is 0 Å². The number of likely N-dealkylation sites (N-methyl/N-ethyl adjacent to an activating group) is 1. The molecule has 1 aliphatic rings. The lowest BCUT2D eigenvalue weighted by Crippen LogP contribution is -2.51. The molecule has 1 heterocycles. The molecular weight excluding hydrogens is 284 g/mol. The molecule has 0 aromatic carbocycles. The second-order valence-corrected chi connectivity index (χ2v) is 3.32. The Morgan fingerprint density at radius 2 is 2.06 bits per heavy atom. The minimum absolute atomic E-state index is 0. The number of carbonyl (C=O) groups is 1. The highest BCUT2D eigenvalue weighted by Crippen LogP contribution is 2.18. The van der Waals surface area contributed by atoms with Crippen LogP contribution in [0.4, 0.5) is 13.2 Å². The van der Waals surface area contributed by atoms with Gasteiger partial charge in [-0.3, -0.25) is 9.69 Å². The van der Waals surface area contributed by atoms with Gasteiger partial charge in [0.1, 0.15) is 6.10 Å². The van der Waals surface area contributed by atoms with Crippen molar-refractivity contribution >= 4 is 30.7 Å². The predicted molar refractivity (Wildman–Crippen MR) is 60.8 cm³/mol. The van der Waals surface area contributed by atoms with E-state index in [1.165, 1.54) is 11.9 Å². The lowest BCUT2D eigenvalue weighted by atomic mass is 10.2. The van der Waals surface area contributed by atoms with Gasteiger partial charge in [0, 0.05) is 20.1 Å². The maximum absolute atomic E-state index is 12.1. The van der Waals surface area contributed by atoms with Crippen LogP contribution >= 0.6 is 24.8 Å². The van der Waals surface area contributed by atoms with Crippen molar-refractivity contribution in [2.24, 2.45) is 0 Å². The minimum atomic E-state index is -4.23. The molecule has 4 nitrogen and oxygen atoms in total. The summed E-state index contributed by atoms with van der Waals surface area (Å²) in [5.41, 5.74) is 0. The number of carbonyl (C=O) groups excluding carboxylic acids is 1. The van der Waals surface area contributed by atoms with Crippen LogP contribution in [0.25, 0.3) is 0 Å². The Morgan fingerprint density at radius 1 is 1.47 bits per heavy atom. The van der Waals surface area contributed by atoms with Crippen molar-refractivity contribution in [2.45, 2.75) is 12.3 Å². The van der Waals surface area contributed by atoms with E-state index >= 15 is 0 Å². The predicted octanol–water partition coefficient (Wildman–Crippen LogP) is 0.839. The molecule has 0 bridgehead atoms. The number of alkyl halides is 3. The highest BCUT2D eigenvalue weighted by Gasteiger charge is 2.34. The molecule has 9 heteroatoms. The van der Waals surface area contributed by atoms with E-state index < -0.39 is 18.8 Å². The highest BCUT2D eigenvalue weighted by molar-refractivity contribution is 5.85. The summed E-state index contributed by atoms with van der Waals surface area (Å²) in [7, 11) is 1.42.